The highest BCUT2D eigenvalue weighted by Crippen LogP contribution is 2.46. The van der Waals surface area contributed by atoms with Gasteiger partial charge in [-0.1, -0.05) is 112 Å². The van der Waals surface area contributed by atoms with E-state index in [-0.39, 0.29) is 17.6 Å². The van der Waals surface area contributed by atoms with Gasteiger partial charge in [-0.2, -0.15) is 0 Å². The lowest BCUT2D eigenvalue weighted by Crippen LogP contribution is -2.55. The first-order valence-corrected chi connectivity index (χ1v) is 20.9. The lowest BCUT2D eigenvalue weighted by Gasteiger charge is -2.29. The molecular formula is C51H60FN3O2. The number of hydrogen-bond donors (Lipinski definition) is 2. The molecule has 0 spiro atoms. The molecule has 2 fully saturated rings. The van der Waals surface area contributed by atoms with Crippen LogP contribution in [0.4, 0.5) is 10.1 Å². The van der Waals surface area contributed by atoms with Crippen LogP contribution in [0.3, 0.4) is 0 Å². The topological polar surface area (TPSA) is 63.1 Å². The van der Waals surface area contributed by atoms with E-state index in [1.54, 1.807) is 19.1 Å². The van der Waals surface area contributed by atoms with E-state index in [2.05, 4.69) is 66.5 Å². The second-order valence-electron chi connectivity index (χ2n) is 16.1. The number of rotatable bonds is 12. The van der Waals surface area contributed by atoms with Gasteiger partial charge in [0.15, 0.2) is 0 Å². The monoisotopic (exact) mass is 765 g/mol. The Bertz CT molecular complexity index is 2180. The Morgan fingerprint density at radius 1 is 0.947 bits per heavy atom. The zero-order valence-corrected chi connectivity index (χ0v) is 34.7. The predicted octanol–water partition coefficient (Wildman–Crippen LogP) is 12.8. The number of nitrogens with one attached hydrogen (secondary N) is 2. The normalized spacial score (nSPS) is 17.7. The van der Waals surface area contributed by atoms with Gasteiger partial charge in [0.25, 0.3) is 0 Å². The number of amides is 2. The molecule has 0 saturated heterocycles. The number of nitrogens with zero attached hydrogens (tertiary/aromatic N) is 1. The number of anilines is 1. The van der Waals surface area contributed by atoms with Crippen molar-refractivity contribution in [1.82, 2.24) is 9.88 Å². The van der Waals surface area contributed by atoms with Gasteiger partial charge >= 0.3 is 0 Å². The van der Waals surface area contributed by atoms with Crippen molar-refractivity contribution in [2.75, 3.05) is 5.32 Å². The average Bonchev–Trinajstić information content (AvgIpc) is 3.74. The molecule has 1 aliphatic heterocycles. The maximum absolute atomic E-state index is 14.8. The van der Waals surface area contributed by atoms with Crippen LogP contribution in [0.1, 0.15) is 130 Å². The molecule has 0 unspecified atom stereocenters. The number of halogens is 1. The molecule has 1 aromatic heterocycles. The summed E-state index contributed by atoms with van der Waals surface area (Å²) >= 11 is 0. The largest absolute Gasteiger partial charge is 0.341 e. The molecule has 298 valence electrons. The van der Waals surface area contributed by atoms with Crippen molar-refractivity contribution < 1.29 is 14.0 Å². The Labute approximate surface area is 339 Å². The van der Waals surface area contributed by atoms with E-state index in [0.29, 0.717) is 35.5 Å². The van der Waals surface area contributed by atoms with Crippen molar-refractivity contribution >= 4 is 35.7 Å². The van der Waals surface area contributed by atoms with Crippen molar-refractivity contribution in [3.8, 4) is 11.3 Å². The molecule has 2 heterocycles. The third kappa shape index (κ3) is 8.86. The van der Waals surface area contributed by atoms with Crippen LogP contribution in [-0.4, -0.2) is 21.9 Å². The van der Waals surface area contributed by atoms with E-state index in [0.717, 1.165) is 73.1 Å². The standard InChI is InChI=1S/C51H60FN3O2/c1-8-17-38-24-26-40(27-25-38)53-50(57)51(30-14-15-31-51)54-49(56)36(6)33-46-37(7)47(39-19-12-11-13-20-39)48-44-29-23-34(4)41(43(44)21-16-32-55(46)48)28-22-35(5)42(18-9-2)45(52)10-3/h8-10,17-18,22-29,33,39H,2,5,11-16,19-21,30-32H2,1,3-4,6-7H3,(H,53,57)(H,54,56)/b17-8+,28-22-,36-33+,42-18-,45-10+. The van der Waals surface area contributed by atoms with Gasteiger partial charge in [-0.25, -0.2) is 4.39 Å². The highest BCUT2D eigenvalue weighted by molar-refractivity contribution is 6.05. The minimum atomic E-state index is -0.959. The van der Waals surface area contributed by atoms with E-state index in [9.17, 15) is 14.0 Å². The first-order chi connectivity index (χ1) is 27.5. The number of aryl methyl sites for hydroxylation is 1. The van der Waals surface area contributed by atoms with E-state index in [1.165, 1.54) is 53.3 Å². The molecule has 3 aliphatic rings. The lowest BCUT2D eigenvalue weighted by atomic mass is 9.80. The maximum Gasteiger partial charge on any atom is 0.250 e. The summed E-state index contributed by atoms with van der Waals surface area (Å²) in [5, 5.41) is 6.33. The van der Waals surface area contributed by atoms with E-state index in [1.807, 2.05) is 56.3 Å². The first kappa shape index (κ1) is 41.4. The maximum atomic E-state index is 14.8. The number of benzene rings is 2. The molecule has 6 rings (SSSR count). The molecular weight excluding hydrogens is 706 g/mol. The zero-order valence-electron chi connectivity index (χ0n) is 34.7. The Kier molecular flexibility index (Phi) is 13.3. The highest BCUT2D eigenvalue weighted by Gasteiger charge is 2.43. The van der Waals surface area contributed by atoms with Gasteiger partial charge in [0.05, 0.1) is 5.69 Å². The SMILES string of the molecule is C=C/C=C(C(=C)/C=C\c1c(C)ccc2c1CCCn1c(/C=C(\C)C(=O)NC3(C(=O)Nc4ccc(/C=C/C)cc4)CCCC3)c(C)c(C3CCCCC3)c1-2)\C(F)=C/C. The van der Waals surface area contributed by atoms with Crippen LogP contribution < -0.4 is 10.6 Å². The fourth-order valence-electron chi connectivity index (χ4n) is 9.28. The van der Waals surface area contributed by atoms with Crippen LogP contribution in [0.25, 0.3) is 29.5 Å². The van der Waals surface area contributed by atoms with Crippen molar-refractivity contribution in [2.24, 2.45) is 0 Å². The summed E-state index contributed by atoms with van der Waals surface area (Å²) in [6.07, 6.45) is 25.6. The van der Waals surface area contributed by atoms with Gasteiger partial charge in [0, 0.05) is 34.6 Å². The van der Waals surface area contributed by atoms with E-state index >= 15 is 0 Å². The molecule has 2 aliphatic carbocycles. The van der Waals surface area contributed by atoms with Crippen LogP contribution in [0.15, 0.2) is 102 Å². The molecule has 2 N–H and O–H groups in total. The summed E-state index contributed by atoms with van der Waals surface area (Å²) in [7, 11) is 0. The summed E-state index contributed by atoms with van der Waals surface area (Å²) in [5.41, 5.74) is 12.3. The van der Waals surface area contributed by atoms with Gasteiger partial charge < -0.3 is 15.2 Å². The smallest absolute Gasteiger partial charge is 0.250 e. The molecule has 57 heavy (non-hydrogen) atoms. The molecule has 2 saturated carbocycles. The van der Waals surface area contributed by atoms with E-state index in [4.69, 9.17) is 0 Å². The van der Waals surface area contributed by atoms with Gasteiger partial charge in [-0.3, -0.25) is 9.59 Å². The summed E-state index contributed by atoms with van der Waals surface area (Å²) in [5.74, 6) is -0.250. The van der Waals surface area contributed by atoms with Gasteiger partial charge in [0.2, 0.25) is 11.8 Å². The Morgan fingerprint density at radius 2 is 1.67 bits per heavy atom. The first-order valence-electron chi connectivity index (χ1n) is 20.9. The molecule has 2 amide bonds. The fourth-order valence-corrected chi connectivity index (χ4v) is 9.28. The van der Waals surface area contributed by atoms with Crippen molar-refractivity contribution in [3.63, 3.8) is 0 Å². The summed E-state index contributed by atoms with van der Waals surface area (Å²) in [4.78, 5) is 28.1. The lowest BCUT2D eigenvalue weighted by molar-refractivity contribution is -0.128. The fraction of sp³-hybridized carbons (Fsp3) is 0.373. The molecule has 2 aromatic carbocycles. The second-order valence-corrected chi connectivity index (χ2v) is 16.1. The average molecular weight is 766 g/mol. The third-order valence-corrected chi connectivity index (χ3v) is 12.3. The highest BCUT2D eigenvalue weighted by atomic mass is 19.1. The quantitative estimate of drug-likeness (QED) is 0.142. The Morgan fingerprint density at radius 3 is 2.33 bits per heavy atom. The molecule has 0 bridgehead atoms. The second kappa shape index (κ2) is 18.4. The van der Waals surface area contributed by atoms with Crippen molar-refractivity contribution in [3.05, 3.63) is 142 Å². The predicted molar refractivity (Wildman–Crippen MR) is 238 cm³/mol. The van der Waals surface area contributed by atoms with Crippen LogP contribution in [0, 0.1) is 13.8 Å². The number of aromatic nitrogens is 1. The van der Waals surface area contributed by atoms with Gasteiger partial charge in [0.1, 0.15) is 11.4 Å². The minimum Gasteiger partial charge on any atom is -0.341 e. The third-order valence-electron chi connectivity index (χ3n) is 12.3. The number of allylic oxidation sites excluding steroid dienone is 8. The summed E-state index contributed by atoms with van der Waals surface area (Å²) in [6, 6.07) is 12.3. The summed E-state index contributed by atoms with van der Waals surface area (Å²) in [6.45, 7) is 18.7. The van der Waals surface area contributed by atoms with Crippen LogP contribution in [0.2, 0.25) is 0 Å². The van der Waals surface area contributed by atoms with Gasteiger partial charge in [-0.15, -0.1) is 0 Å². The van der Waals surface area contributed by atoms with E-state index < -0.39 is 5.54 Å². The van der Waals surface area contributed by atoms with Crippen molar-refractivity contribution in [2.45, 2.75) is 123 Å². The number of hydrogen-bond acceptors (Lipinski definition) is 2. The van der Waals surface area contributed by atoms with Crippen LogP contribution in [0.5, 0.6) is 0 Å². The number of carbonyl (C=O) groups is 2. The molecule has 0 radical (unpaired) electrons. The molecule has 6 heteroatoms. The molecule has 0 atom stereocenters. The Hall–Kier alpha value is -5.23. The minimum absolute atomic E-state index is 0.160. The van der Waals surface area contributed by atoms with Crippen molar-refractivity contribution in [1.29, 1.82) is 0 Å². The Balaban J connectivity index is 1.37. The number of carbonyl (C=O) groups excluding carboxylic acids is 2. The van der Waals surface area contributed by atoms with Crippen LogP contribution >= 0.6 is 0 Å². The zero-order chi connectivity index (χ0) is 40.7. The summed E-state index contributed by atoms with van der Waals surface area (Å²) < 4.78 is 17.3. The van der Waals surface area contributed by atoms with Crippen LogP contribution in [-0.2, 0) is 22.6 Å². The number of fused-ring (bicyclic) bond motifs is 3. The molecule has 3 aromatic rings. The molecule has 5 nitrogen and oxygen atoms in total. The van der Waals surface area contributed by atoms with Gasteiger partial charge in [-0.05, 0) is 136 Å².